The van der Waals surface area contributed by atoms with Gasteiger partial charge in [0.1, 0.15) is 0 Å². The molecule has 94 valence electrons. The van der Waals surface area contributed by atoms with Crippen LogP contribution in [0.1, 0.15) is 5.56 Å². The minimum absolute atomic E-state index is 0.543. The number of methoxy groups -OCH3 is 2. The molecule has 0 atom stereocenters. The Balaban J connectivity index is 2.43. The highest BCUT2D eigenvalue weighted by Gasteiger charge is 2.06. The van der Waals surface area contributed by atoms with Gasteiger partial charge in [-0.2, -0.15) is 0 Å². The van der Waals surface area contributed by atoms with Gasteiger partial charge in [-0.05, 0) is 34.9 Å². The second-order valence-corrected chi connectivity index (χ2v) is 3.97. The fraction of sp³-hybridized carbons (Fsp3) is 0.200. The van der Waals surface area contributed by atoms with Gasteiger partial charge in [0.25, 0.3) is 0 Å². The largest absolute Gasteiger partial charge is 0.493 e. The van der Waals surface area contributed by atoms with Crippen molar-refractivity contribution in [1.82, 2.24) is 0 Å². The first-order valence-electron chi connectivity index (χ1n) is 5.80. The van der Waals surface area contributed by atoms with E-state index >= 15 is 0 Å². The monoisotopic (exact) mass is 243 g/mol. The van der Waals surface area contributed by atoms with Crippen molar-refractivity contribution in [1.29, 1.82) is 0 Å². The topological polar surface area (TPSA) is 44.5 Å². The van der Waals surface area contributed by atoms with Crippen LogP contribution >= 0.6 is 0 Å². The lowest BCUT2D eigenvalue weighted by molar-refractivity contribution is 0.355. The maximum absolute atomic E-state index is 5.65. The summed E-state index contributed by atoms with van der Waals surface area (Å²) in [6, 6.07) is 14.1. The molecule has 0 heterocycles. The standard InChI is InChI=1S/C15H17NO2/c1-17-14-7-6-13(9-15(14)18-2)12-5-3-4-11(8-12)10-16/h3-9H,10,16H2,1-2H3. The summed E-state index contributed by atoms with van der Waals surface area (Å²) in [6.45, 7) is 0.543. The van der Waals surface area contributed by atoms with Crippen molar-refractivity contribution < 1.29 is 9.47 Å². The lowest BCUT2D eigenvalue weighted by atomic mass is 10.0. The van der Waals surface area contributed by atoms with Gasteiger partial charge < -0.3 is 15.2 Å². The SMILES string of the molecule is COc1ccc(-c2cccc(CN)c2)cc1OC. The Morgan fingerprint density at radius 3 is 2.28 bits per heavy atom. The molecule has 18 heavy (non-hydrogen) atoms. The highest BCUT2D eigenvalue weighted by Crippen LogP contribution is 2.32. The lowest BCUT2D eigenvalue weighted by Gasteiger charge is -2.10. The molecule has 0 unspecified atom stereocenters. The van der Waals surface area contributed by atoms with E-state index in [0.717, 1.165) is 28.2 Å². The predicted octanol–water partition coefficient (Wildman–Crippen LogP) is 2.83. The first-order chi connectivity index (χ1) is 8.78. The van der Waals surface area contributed by atoms with E-state index in [1.54, 1.807) is 14.2 Å². The molecular weight excluding hydrogens is 226 g/mol. The summed E-state index contributed by atoms with van der Waals surface area (Å²) in [4.78, 5) is 0. The van der Waals surface area contributed by atoms with E-state index in [0.29, 0.717) is 6.54 Å². The first-order valence-corrected chi connectivity index (χ1v) is 5.80. The van der Waals surface area contributed by atoms with Gasteiger partial charge in [0.15, 0.2) is 11.5 Å². The molecule has 0 aliphatic heterocycles. The van der Waals surface area contributed by atoms with Gasteiger partial charge in [0, 0.05) is 6.54 Å². The highest BCUT2D eigenvalue weighted by atomic mass is 16.5. The molecule has 2 rings (SSSR count). The van der Waals surface area contributed by atoms with Crippen LogP contribution in [0.25, 0.3) is 11.1 Å². The van der Waals surface area contributed by atoms with Gasteiger partial charge in [-0.3, -0.25) is 0 Å². The van der Waals surface area contributed by atoms with Gasteiger partial charge >= 0.3 is 0 Å². The maximum Gasteiger partial charge on any atom is 0.161 e. The number of nitrogens with two attached hydrogens (primary N) is 1. The Morgan fingerprint density at radius 2 is 1.61 bits per heavy atom. The number of hydrogen-bond acceptors (Lipinski definition) is 3. The number of benzene rings is 2. The van der Waals surface area contributed by atoms with Gasteiger partial charge in [0.05, 0.1) is 14.2 Å². The van der Waals surface area contributed by atoms with Crippen LogP contribution in [0.4, 0.5) is 0 Å². The molecule has 0 amide bonds. The molecule has 0 radical (unpaired) electrons. The minimum Gasteiger partial charge on any atom is -0.493 e. The van der Waals surface area contributed by atoms with E-state index in [2.05, 4.69) is 12.1 Å². The van der Waals surface area contributed by atoms with E-state index in [1.807, 2.05) is 30.3 Å². The number of rotatable bonds is 4. The normalized spacial score (nSPS) is 10.2. The third-order valence-electron chi connectivity index (χ3n) is 2.88. The third kappa shape index (κ3) is 2.46. The van der Waals surface area contributed by atoms with Gasteiger partial charge in [-0.1, -0.05) is 24.3 Å². The maximum atomic E-state index is 5.65. The molecule has 0 fully saturated rings. The zero-order valence-corrected chi connectivity index (χ0v) is 10.6. The molecule has 0 aliphatic rings. The summed E-state index contributed by atoms with van der Waals surface area (Å²) < 4.78 is 10.5. The zero-order chi connectivity index (χ0) is 13.0. The van der Waals surface area contributed by atoms with Gasteiger partial charge in [-0.25, -0.2) is 0 Å². The summed E-state index contributed by atoms with van der Waals surface area (Å²) in [5.41, 5.74) is 8.98. The van der Waals surface area contributed by atoms with Crippen molar-refractivity contribution >= 4 is 0 Å². The van der Waals surface area contributed by atoms with Crippen molar-refractivity contribution in [3.05, 3.63) is 48.0 Å². The van der Waals surface area contributed by atoms with E-state index < -0.39 is 0 Å². The summed E-state index contributed by atoms with van der Waals surface area (Å²) >= 11 is 0. The number of ether oxygens (including phenoxy) is 2. The van der Waals surface area contributed by atoms with Crippen molar-refractivity contribution in [2.75, 3.05) is 14.2 Å². The Bertz CT molecular complexity index is 538. The molecule has 0 aliphatic carbocycles. The molecule has 2 aromatic rings. The van der Waals surface area contributed by atoms with Crippen molar-refractivity contribution in [2.24, 2.45) is 5.73 Å². The molecule has 0 bridgehead atoms. The molecule has 0 spiro atoms. The van der Waals surface area contributed by atoms with Gasteiger partial charge in [0.2, 0.25) is 0 Å². The van der Waals surface area contributed by atoms with Crippen molar-refractivity contribution in [2.45, 2.75) is 6.54 Å². The van der Waals surface area contributed by atoms with Crippen LogP contribution in [0, 0.1) is 0 Å². The predicted molar refractivity (Wildman–Crippen MR) is 72.9 cm³/mol. The van der Waals surface area contributed by atoms with Crippen LogP contribution in [0.15, 0.2) is 42.5 Å². The average Bonchev–Trinajstić information content (AvgIpc) is 2.46. The summed E-state index contributed by atoms with van der Waals surface area (Å²) in [5, 5.41) is 0. The van der Waals surface area contributed by atoms with Crippen LogP contribution in [0.2, 0.25) is 0 Å². The molecule has 2 N–H and O–H groups in total. The van der Waals surface area contributed by atoms with Crippen LogP contribution in [0.3, 0.4) is 0 Å². The lowest BCUT2D eigenvalue weighted by Crippen LogP contribution is -1.96. The minimum atomic E-state index is 0.543. The van der Waals surface area contributed by atoms with Gasteiger partial charge in [-0.15, -0.1) is 0 Å². The Hall–Kier alpha value is -2.00. The van der Waals surface area contributed by atoms with E-state index in [-0.39, 0.29) is 0 Å². The molecule has 0 saturated heterocycles. The van der Waals surface area contributed by atoms with E-state index in [4.69, 9.17) is 15.2 Å². The van der Waals surface area contributed by atoms with Crippen LogP contribution in [0.5, 0.6) is 11.5 Å². The molecule has 0 saturated carbocycles. The third-order valence-corrected chi connectivity index (χ3v) is 2.88. The Kier molecular flexibility index (Phi) is 3.85. The van der Waals surface area contributed by atoms with Crippen molar-refractivity contribution in [3.8, 4) is 22.6 Å². The van der Waals surface area contributed by atoms with Crippen LogP contribution in [-0.4, -0.2) is 14.2 Å². The average molecular weight is 243 g/mol. The summed E-state index contributed by atoms with van der Waals surface area (Å²) in [5.74, 6) is 1.46. The van der Waals surface area contributed by atoms with Crippen LogP contribution in [-0.2, 0) is 6.54 Å². The highest BCUT2D eigenvalue weighted by molar-refractivity contribution is 5.67. The smallest absolute Gasteiger partial charge is 0.161 e. The molecule has 2 aromatic carbocycles. The fourth-order valence-electron chi connectivity index (χ4n) is 1.89. The van der Waals surface area contributed by atoms with Crippen LogP contribution < -0.4 is 15.2 Å². The summed E-state index contributed by atoms with van der Waals surface area (Å²) in [6.07, 6.45) is 0. The quantitative estimate of drug-likeness (QED) is 0.898. The van der Waals surface area contributed by atoms with E-state index in [9.17, 15) is 0 Å². The fourth-order valence-corrected chi connectivity index (χ4v) is 1.89. The molecule has 3 heteroatoms. The summed E-state index contributed by atoms with van der Waals surface area (Å²) in [7, 11) is 3.27. The van der Waals surface area contributed by atoms with E-state index in [1.165, 1.54) is 0 Å². The molecule has 0 aromatic heterocycles. The first kappa shape index (κ1) is 12.5. The Labute approximate surface area is 107 Å². The molecular formula is C15H17NO2. The Morgan fingerprint density at radius 1 is 0.889 bits per heavy atom. The van der Waals surface area contributed by atoms with Crippen molar-refractivity contribution in [3.63, 3.8) is 0 Å². The second kappa shape index (κ2) is 5.56. The molecule has 3 nitrogen and oxygen atoms in total. The second-order valence-electron chi connectivity index (χ2n) is 3.97. The zero-order valence-electron chi connectivity index (χ0n) is 10.6. The number of hydrogen-bond donors (Lipinski definition) is 1.